The van der Waals surface area contributed by atoms with Gasteiger partial charge in [0.2, 0.25) is 5.91 Å². The van der Waals surface area contributed by atoms with Crippen molar-refractivity contribution in [3.8, 4) is 6.07 Å². The number of nitrogens with zero attached hydrogens (tertiary/aromatic N) is 3. The predicted molar refractivity (Wildman–Crippen MR) is 64.8 cm³/mol. The van der Waals surface area contributed by atoms with Gasteiger partial charge in [-0.05, 0) is 19.1 Å². The summed E-state index contributed by atoms with van der Waals surface area (Å²) in [5, 5.41) is 8.50. The molecule has 1 rings (SSSR count). The third kappa shape index (κ3) is 4.11. The van der Waals surface area contributed by atoms with E-state index >= 15 is 0 Å². The maximum atomic E-state index is 11.9. The third-order valence-corrected chi connectivity index (χ3v) is 2.41. The summed E-state index contributed by atoms with van der Waals surface area (Å²) in [6, 6.07) is 5.50. The Morgan fingerprint density at radius 2 is 2.35 bits per heavy atom. The second-order valence-corrected chi connectivity index (χ2v) is 3.64. The quantitative estimate of drug-likeness (QED) is 0.819. The standard InChI is InChI=1S/C12H16N4O/c1-2-16(7-3-6-13)12(17)8-11-5-4-10(14)9-15-11/h4-5,9H,2-3,7-8,14H2,1H3. The minimum atomic E-state index is -0.0139. The largest absolute Gasteiger partial charge is 0.397 e. The number of hydrogen-bond donors (Lipinski definition) is 1. The maximum Gasteiger partial charge on any atom is 0.228 e. The molecular formula is C12H16N4O. The van der Waals surface area contributed by atoms with Gasteiger partial charge in [0.1, 0.15) is 0 Å². The number of hydrogen-bond acceptors (Lipinski definition) is 4. The number of rotatable bonds is 5. The van der Waals surface area contributed by atoms with Crippen molar-refractivity contribution in [2.24, 2.45) is 0 Å². The summed E-state index contributed by atoms with van der Waals surface area (Å²) in [5.74, 6) is -0.0139. The number of carbonyl (C=O) groups is 1. The topological polar surface area (TPSA) is 83.0 Å². The van der Waals surface area contributed by atoms with Crippen molar-refractivity contribution in [3.05, 3.63) is 24.0 Å². The Bertz CT molecular complexity index is 408. The number of carbonyl (C=O) groups excluding carboxylic acids is 1. The van der Waals surface area contributed by atoms with Crippen LogP contribution in [0.25, 0.3) is 0 Å². The molecular weight excluding hydrogens is 216 g/mol. The molecule has 1 heterocycles. The molecule has 90 valence electrons. The van der Waals surface area contributed by atoms with Crippen molar-refractivity contribution < 1.29 is 4.79 Å². The maximum absolute atomic E-state index is 11.9. The summed E-state index contributed by atoms with van der Waals surface area (Å²) >= 11 is 0. The molecule has 1 amide bonds. The summed E-state index contributed by atoms with van der Waals surface area (Å²) in [7, 11) is 0. The summed E-state index contributed by atoms with van der Waals surface area (Å²) in [6.45, 7) is 2.97. The number of amides is 1. The van der Waals surface area contributed by atoms with Gasteiger partial charge in [-0.2, -0.15) is 5.26 Å². The highest BCUT2D eigenvalue weighted by molar-refractivity contribution is 5.78. The van der Waals surface area contributed by atoms with Crippen LogP contribution < -0.4 is 5.73 Å². The van der Waals surface area contributed by atoms with Gasteiger partial charge in [-0.3, -0.25) is 9.78 Å². The van der Waals surface area contributed by atoms with Gasteiger partial charge in [0.05, 0.1) is 30.8 Å². The van der Waals surface area contributed by atoms with E-state index in [1.165, 1.54) is 6.20 Å². The Labute approximate surface area is 101 Å². The van der Waals surface area contributed by atoms with Gasteiger partial charge in [-0.25, -0.2) is 0 Å². The van der Waals surface area contributed by atoms with Crippen LogP contribution >= 0.6 is 0 Å². The van der Waals surface area contributed by atoms with Crippen LogP contribution in [0, 0.1) is 11.3 Å². The average molecular weight is 232 g/mol. The molecule has 0 radical (unpaired) electrons. The van der Waals surface area contributed by atoms with Crippen LogP contribution in [0.1, 0.15) is 19.0 Å². The molecule has 0 atom stereocenters. The molecule has 0 fully saturated rings. The Kier molecular flexibility index (Phi) is 4.95. The average Bonchev–Trinajstić information content (AvgIpc) is 2.33. The van der Waals surface area contributed by atoms with E-state index in [9.17, 15) is 4.79 Å². The molecule has 0 saturated carbocycles. The van der Waals surface area contributed by atoms with Crippen molar-refractivity contribution in [1.29, 1.82) is 5.26 Å². The summed E-state index contributed by atoms with van der Waals surface area (Å²) in [5.41, 5.74) is 6.79. The van der Waals surface area contributed by atoms with Crippen LogP contribution in [0.2, 0.25) is 0 Å². The lowest BCUT2D eigenvalue weighted by Crippen LogP contribution is -2.33. The van der Waals surface area contributed by atoms with Gasteiger partial charge in [0, 0.05) is 18.8 Å². The molecule has 0 saturated heterocycles. The van der Waals surface area contributed by atoms with Crippen LogP contribution in [0.15, 0.2) is 18.3 Å². The SMILES string of the molecule is CCN(CCC#N)C(=O)Cc1ccc(N)cn1. The normalized spacial score (nSPS) is 9.65. The summed E-state index contributed by atoms with van der Waals surface area (Å²) in [4.78, 5) is 17.6. The van der Waals surface area contributed by atoms with E-state index < -0.39 is 0 Å². The first-order valence-corrected chi connectivity index (χ1v) is 5.52. The Balaban J connectivity index is 2.58. The predicted octanol–water partition coefficient (Wildman–Crippen LogP) is 0.968. The molecule has 0 unspecified atom stereocenters. The molecule has 1 aromatic rings. The number of likely N-dealkylation sites (N-methyl/N-ethyl adjacent to an activating group) is 1. The lowest BCUT2D eigenvalue weighted by molar-refractivity contribution is -0.130. The first-order chi connectivity index (χ1) is 8.17. The fourth-order valence-electron chi connectivity index (χ4n) is 1.45. The van der Waals surface area contributed by atoms with Gasteiger partial charge >= 0.3 is 0 Å². The van der Waals surface area contributed by atoms with E-state index in [0.717, 1.165) is 0 Å². The zero-order valence-corrected chi connectivity index (χ0v) is 9.89. The Morgan fingerprint density at radius 1 is 1.59 bits per heavy atom. The molecule has 0 aromatic carbocycles. The molecule has 0 spiro atoms. The summed E-state index contributed by atoms with van der Waals surface area (Å²) in [6.07, 6.45) is 2.14. The highest BCUT2D eigenvalue weighted by Gasteiger charge is 2.12. The van der Waals surface area contributed by atoms with E-state index in [2.05, 4.69) is 4.98 Å². The number of anilines is 1. The zero-order chi connectivity index (χ0) is 12.7. The van der Waals surface area contributed by atoms with Crippen molar-refractivity contribution in [1.82, 2.24) is 9.88 Å². The fourth-order valence-corrected chi connectivity index (χ4v) is 1.45. The van der Waals surface area contributed by atoms with Crippen molar-refractivity contribution in [2.75, 3.05) is 18.8 Å². The first kappa shape index (κ1) is 13.0. The fraction of sp³-hybridized carbons (Fsp3) is 0.417. The molecule has 0 aliphatic carbocycles. The van der Waals surface area contributed by atoms with Gasteiger partial charge in [0.25, 0.3) is 0 Å². The van der Waals surface area contributed by atoms with Crippen molar-refractivity contribution in [2.45, 2.75) is 19.8 Å². The van der Waals surface area contributed by atoms with Crippen LogP contribution in [0.5, 0.6) is 0 Å². The van der Waals surface area contributed by atoms with E-state index in [-0.39, 0.29) is 12.3 Å². The molecule has 0 bridgehead atoms. The lowest BCUT2D eigenvalue weighted by Gasteiger charge is -2.19. The molecule has 17 heavy (non-hydrogen) atoms. The van der Waals surface area contributed by atoms with Crippen LogP contribution in [0.4, 0.5) is 5.69 Å². The molecule has 5 nitrogen and oxygen atoms in total. The molecule has 0 aliphatic heterocycles. The number of nitriles is 1. The molecule has 2 N–H and O–H groups in total. The molecule has 5 heteroatoms. The lowest BCUT2D eigenvalue weighted by atomic mass is 10.2. The van der Waals surface area contributed by atoms with E-state index in [1.807, 2.05) is 13.0 Å². The minimum Gasteiger partial charge on any atom is -0.397 e. The smallest absolute Gasteiger partial charge is 0.228 e. The van der Waals surface area contributed by atoms with E-state index in [0.29, 0.717) is 30.9 Å². The number of pyridine rings is 1. The van der Waals surface area contributed by atoms with Crippen LogP contribution in [-0.4, -0.2) is 28.9 Å². The number of nitrogen functional groups attached to an aromatic ring is 1. The van der Waals surface area contributed by atoms with E-state index in [1.54, 1.807) is 17.0 Å². The molecule has 1 aromatic heterocycles. The number of nitrogens with two attached hydrogens (primary N) is 1. The second kappa shape index (κ2) is 6.48. The summed E-state index contributed by atoms with van der Waals surface area (Å²) < 4.78 is 0. The van der Waals surface area contributed by atoms with Crippen LogP contribution in [0.3, 0.4) is 0 Å². The van der Waals surface area contributed by atoms with Gasteiger partial charge in [-0.1, -0.05) is 0 Å². The second-order valence-electron chi connectivity index (χ2n) is 3.64. The van der Waals surface area contributed by atoms with Crippen molar-refractivity contribution in [3.63, 3.8) is 0 Å². The van der Waals surface area contributed by atoms with Crippen molar-refractivity contribution >= 4 is 11.6 Å². The zero-order valence-electron chi connectivity index (χ0n) is 9.89. The Hall–Kier alpha value is -2.09. The van der Waals surface area contributed by atoms with Gasteiger partial charge < -0.3 is 10.6 Å². The minimum absolute atomic E-state index is 0.0139. The van der Waals surface area contributed by atoms with Gasteiger partial charge in [-0.15, -0.1) is 0 Å². The third-order valence-electron chi connectivity index (χ3n) is 2.41. The highest BCUT2D eigenvalue weighted by Crippen LogP contribution is 2.04. The molecule has 0 aliphatic rings. The monoisotopic (exact) mass is 232 g/mol. The first-order valence-electron chi connectivity index (χ1n) is 5.52. The van der Waals surface area contributed by atoms with Crippen LogP contribution in [-0.2, 0) is 11.2 Å². The number of aromatic nitrogens is 1. The Morgan fingerprint density at radius 3 is 2.88 bits per heavy atom. The highest BCUT2D eigenvalue weighted by atomic mass is 16.2. The van der Waals surface area contributed by atoms with Gasteiger partial charge in [0.15, 0.2) is 0 Å². The van der Waals surface area contributed by atoms with E-state index in [4.69, 9.17) is 11.0 Å².